The molecule has 0 bridgehead atoms. The van der Waals surface area contributed by atoms with Gasteiger partial charge in [-0.2, -0.15) is 4.99 Å². The highest BCUT2D eigenvalue weighted by molar-refractivity contribution is 7.20. The Kier molecular flexibility index (Phi) is 3.88. The number of aryl methyl sites for hydroxylation is 2. The summed E-state index contributed by atoms with van der Waals surface area (Å²) in [6.07, 6.45) is 0. The Labute approximate surface area is 138 Å². The van der Waals surface area contributed by atoms with Crippen LogP contribution in [-0.4, -0.2) is 11.9 Å². The van der Waals surface area contributed by atoms with E-state index in [1.54, 1.807) is 0 Å². The second-order valence-corrected chi connectivity index (χ2v) is 6.57. The average Bonchev–Trinajstić information content (AvgIpc) is 2.93. The number of thiophene rings is 1. The number of fused-ring (bicyclic) bond motifs is 1. The molecule has 1 amide bonds. The van der Waals surface area contributed by atoms with Crippen molar-refractivity contribution < 1.29 is 4.79 Å². The fourth-order valence-corrected chi connectivity index (χ4v) is 3.57. The van der Waals surface area contributed by atoms with E-state index in [0.717, 1.165) is 15.6 Å². The second-order valence-electron chi connectivity index (χ2n) is 5.49. The van der Waals surface area contributed by atoms with E-state index in [0.29, 0.717) is 4.88 Å². The largest absolute Gasteiger partial charge is 0.370 e. The summed E-state index contributed by atoms with van der Waals surface area (Å²) in [5, 5.41) is 1.04. The van der Waals surface area contributed by atoms with E-state index in [-0.39, 0.29) is 5.96 Å². The van der Waals surface area contributed by atoms with Crippen LogP contribution >= 0.6 is 11.3 Å². The molecule has 0 atom stereocenters. The average molecular weight is 323 g/mol. The summed E-state index contributed by atoms with van der Waals surface area (Å²) in [6.45, 7) is 4.16. The van der Waals surface area contributed by atoms with E-state index in [4.69, 9.17) is 11.5 Å². The summed E-state index contributed by atoms with van der Waals surface area (Å²) in [5.74, 6) is -0.625. The fraction of sp³-hybridized carbons (Fsp3) is 0.111. The number of nitrogens with two attached hydrogens (primary N) is 2. The van der Waals surface area contributed by atoms with Crippen molar-refractivity contribution in [1.29, 1.82) is 0 Å². The summed E-state index contributed by atoms with van der Waals surface area (Å²) < 4.78 is 1.04. The molecule has 0 aliphatic carbocycles. The van der Waals surface area contributed by atoms with Crippen molar-refractivity contribution in [2.75, 3.05) is 0 Å². The molecule has 1 heterocycles. The van der Waals surface area contributed by atoms with E-state index in [2.05, 4.69) is 43.1 Å². The smallest absolute Gasteiger partial charge is 0.290 e. The van der Waals surface area contributed by atoms with Gasteiger partial charge < -0.3 is 11.5 Å². The van der Waals surface area contributed by atoms with Crippen molar-refractivity contribution in [3.63, 3.8) is 0 Å². The zero-order valence-electron chi connectivity index (χ0n) is 13.0. The molecule has 0 aliphatic rings. The molecule has 4 nitrogen and oxygen atoms in total. The van der Waals surface area contributed by atoms with Crippen LogP contribution in [0.1, 0.15) is 20.8 Å². The number of carbonyl (C=O) groups excluding carboxylic acids is 1. The normalized spacial score (nSPS) is 10.7. The van der Waals surface area contributed by atoms with Gasteiger partial charge >= 0.3 is 0 Å². The van der Waals surface area contributed by atoms with Gasteiger partial charge in [0.25, 0.3) is 5.91 Å². The zero-order chi connectivity index (χ0) is 16.6. The molecule has 5 heteroatoms. The lowest BCUT2D eigenvalue weighted by molar-refractivity contribution is 0.101. The van der Waals surface area contributed by atoms with Gasteiger partial charge in [-0.1, -0.05) is 35.9 Å². The van der Waals surface area contributed by atoms with Gasteiger partial charge in [-0.25, -0.2) is 0 Å². The number of rotatable bonds is 2. The molecular formula is C18H17N3OS. The molecule has 0 unspecified atom stereocenters. The first-order chi connectivity index (χ1) is 11.0. The van der Waals surface area contributed by atoms with Gasteiger partial charge in [-0.15, -0.1) is 11.3 Å². The Hall–Kier alpha value is -2.66. The van der Waals surface area contributed by atoms with Crippen molar-refractivity contribution in [3.8, 4) is 11.1 Å². The molecule has 3 aromatic rings. The number of hydrogen-bond acceptors (Lipinski definition) is 2. The van der Waals surface area contributed by atoms with Crippen LogP contribution in [-0.2, 0) is 0 Å². The van der Waals surface area contributed by atoms with E-state index < -0.39 is 5.91 Å². The number of carbonyl (C=O) groups is 1. The first-order valence-corrected chi connectivity index (χ1v) is 8.01. The number of hydrogen-bond donors (Lipinski definition) is 2. The molecule has 2 aromatic carbocycles. The predicted octanol–water partition coefficient (Wildman–Crippen LogP) is 3.60. The predicted molar refractivity (Wildman–Crippen MR) is 96.9 cm³/mol. The quantitative estimate of drug-likeness (QED) is 0.558. The number of aliphatic imine (C=N–C) groups is 1. The molecule has 0 fully saturated rings. The van der Waals surface area contributed by atoms with Crippen LogP contribution in [0.4, 0.5) is 0 Å². The third-order valence-electron chi connectivity index (χ3n) is 3.69. The molecule has 3 rings (SSSR count). The van der Waals surface area contributed by atoms with Crippen molar-refractivity contribution in [2.45, 2.75) is 13.8 Å². The molecule has 116 valence electrons. The Morgan fingerprint density at radius 3 is 2.57 bits per heavy atom. The molecule has 1 aromatic heterocycles. The zero-order valence-corrected chi connectivity index (χ0v) is 13.8. The van der Waals surface area contributed by atoms with Crippen molar-refractivity contribution in [3.05, 3.63) is 58.5 Å². The van der Waals surface area contributed by atoms with Crippen LogP contribution < -0.4 is 11.5 Å². The van der Waals surface area contributed by atoms with Gasteiger partial charge in [0.05, 0.1) is 4.88 Å². The van der Waals surface area contributed by atoms with Gasteiger partial charge in [0, 0.05) is 10.1 Å². The summed E-state index contributed by atoms with van der Waals surface area (Å²) >= 11 is 1.40. The van der Waals surface area contributed by atoms with E-state index >= 15 is 0 Å². The third-order valence-corrected chi connectivity index (χ3v) is 4.77. The molecule has 0 saturated carbocycles. The molecule has 0 radical (unpaired) electrons. The first kappa shape index (κ1) is 15.2. The van der Waals surface area contributed by atoms with Gasteiger partial charge in [0.2, 0.25) is 0 Å². The summed E-state index contributed by atoms with van der Waals surface area (Å²) in [5.41, 5.74) is 15.3. The lowest BCUT2D eigenvalue weighted by Crippen LogP contribution is -2.24. The molecule has 4 N–H and O–H groups in total. The molecule has 0 spiro atoms. The molecule has 23 heavy (non-hydrogen) atoms. The summed E-state index contributed by atoms with van der Waals surface area (Å²) in [4.78, 5) is 16.2. The van der Waals surface area contributed by atoms with Crippen LogP contribution in [0, 0.1) is 13.8 Å². The second kappa shape index (κ2) is 5.85. The van der Waals surface area contributed by atoms with Crippen LogP contribution in [0.2, 0.25) is 0 Å². The summed E-state index contributed by atoms with van der Waals surface area (Å²) in [7, 11) is 0. The van der Waals surface area contributed by atoms with Crippen LogP contribution in [0.3, 0.4) is 0 Å². The Bertz CT molecular complexity index is 937. The van der Waals surface area contributed by atoms with Crippen molar-refractivity contribution >= 4 is 33.3 Å². The van der Waals surface area contributed by atoms with Gasteiger partial charge in [0.15, 0.2) is 5.96 Å². The third kappa shape index (κ3) is 2.96. The summed E-state index contributed by atoms with van der Waals surface area (Å²) in [6, 6.07) is 14.3. The number of benzene rings is 2. The van der Waals surface area contributed by atoms with Crippen molar-refractivity contribution in [2.24, 2.45) is 16.5 Å². The Balaban J connectivity index is 2.20. The SMILES string of the molecule is Cc1ccc(C)c(-c2cccc3sc(C(=O)N=C(N)N)cc23)c1. The van der Waals surface area contributed by atoms with Gasteiger partial charge in [-0.3, -0.25) is 4.79 Å². The van der Waals surface area contributed by atoms with E-state index in [1.165, 1.54) is 28.0 Å². The standard InChI is InChI=1S/C18H17N3OS/c1-10-6-7-11(2)13(8-10)12-4-3-5-15-14(12)9-16(23-15)17(22)21-18(19)20/h3-9H,1-2H3,(H4,19,20,21,22). The van der Waals surface area contributed by atoms with Crippen LogP contribution in [0.5, 0.6) is 0 Å². The van der Waals surface area contributed by atoms with Crippen LogP contribution in [0.25, 0.3) is 21.2 Å². The van der Waals surface area contributed by atoms with Gasteiger partial charge in [0.1, 0.15) is 0 Å². The maximum Gasteiger partial charge on any atom is 0.290 e. The van der Waals surface area contributed by atoms with Crippen LogP contribution in [0.15, 0.2) is 47.5 Å². The molecule has 0 saturated heterocycles. The van der Waals surface area contributed by atoms with Crippen molar-refractivity contribution in [1.82, 2.24) is 0 Å². The first-order valence-electron chi connectivity index (χ1n) is 7.20. The lowest BCUT2D eigenvalue weighted by atomic mass is 9.96. The molecule has 0 aliphatic heterocycles. The number of nitrogens with zero attached hydrogens (tertiary/aromatic N) is 1. The monoisotopic (exact) mass is 323 g/mol. The molecular weight excluding hydrogens is 306 g/mol. The maximum absolute atomic E-state index is 12.1. The minimum absolute atomic E-state index is 0.220. The highest BCUT2D eigenvalue weighted by atomic mass is 32.1. The maximum atomic E-state index is 12.1. The highest BCUT2D eigenvalue weighted by Gasteiger charge is 2.14. The topological polar surface area (TPSA) is 81.5 Å². The fourth-order valence-electron chi connectivity index (χ4n) is 2.60. The van der Waals surface area contributed by atoms with E-state index in [9.17, 15) is 4.79 Å². The Morgan fingerprint density at radius 1 is 1.04 bits per heavy atom. The number of guanidine groups is 1. The highest BCUT2D eigenvalue weighted by Crippen LogP contribution is 2.36. The van der Waals surface area contributed by atoms with E-state index in [1.807, 2.05) is 18.2 Å². The Morgan fingerprint density at radius 2 is 1.83 bits per heavy atom. The minimum Gasteiger partial charge on any atom is -0.370 e. The van der Waals surface area contributed by atoms with Gasteiger partial charge in [-0.05, 0) is 42.7 Å². The number of amides is 1. The minimum atomic E-state index is -0.405. The lowest BCUT2D eigenvalue weighted by Gasteiger charge is -2.08.